The van der Waals surface area contributed by atoms with Crippen molar-refractivity contribution in [3.8, 4) is 5.75 Å². The molecule has 2 aliphatic carbocycles. The van der Waals surface area contributed by atoms with Crippen LogP contribution in [0.2, 0.25) is 0 Å². The first-order chi connectivity index (χ1) is 9.44. The predicted octanol–water partition coefficient (Wildman–Crippen LogP) is 4.24. The Bertz CT molecular complexity index is 575. The van der Waals surface area contributed by atoms with Crippen LogP contribution in [-0.4, -0.2) is 11.7 Å². The molecule has 2 heterocycles. The van der Waals surface area contributed by atoms with E-state index < -0.39 is 0 Å². The second-order valence-electron chi connectivity index (χ2n) is 7.81. The van der Waals surface area contributed by atoms with E-state index in [1.54, 1.807) is 0 Å². The summed E-state index contributed by atoms with van der Waals surface area (Å²) in [5.41, 5.74) is 4.25. The summed E-state index contributed by atoms with van der Waals surface area (Å²) < 4.78 is 6.17. The third-order valence-corrected chi connectivity index (χ3v) is 6.30. The van der Waals surface area contributed by atoms with Gasteiger partial charge in [-0.1, -0.05) is 20.3 Å². The third kappa shape index (κ3) is 1.43. The molecule has 2 aliphatic heterocycles. The molecular weight excluding hydrogens is 248 g/mol. The van der Waals surface area contributed by atoms with Crippen LogP contribution in [0.4, 0.5) is 0 Å². The van der Waals surface area contributed by atoms with Gasteiger partial charge in [0.25, 0.3) is 0 Å². The zero-order valence-electron chi connectivity index (χ0n) is 12.7. The highest BCUT2D eigenvalue weighted by atomic mass is 16.5. The molecule has 5 rings (SSSR count). The lowest BCUT2D eigenvalue weighted by molar-refractivity contribution is -0.136. The average molecular weight is 272 g/mol. The van der Waals surface area contributed by atoms with Gasteiger partial charge in [-0.2, -0.15) is 0 Å². The molecule has 0 aromatic heterocycles. The maximum atomic E-state index is 10.2. The van der Waals surface area contributed by atoms with E-state index in [0.29, 0.717) is 17.1 Å². The van der Waals surface area contributed by atoms with E-state index in [1.165, 1.54) is 30.4 Å². The van der Waals surface area contributed by atoms with E-state index in [4.69, 9.17) is 4.74 Å². The molecule has 108 valence electrons. The number of ether oxygens (including phenoxy) is 1. The van der Waals surface area contributed by atoms with Gasteiger partial charge in [-0.15, -0.1) is 0 Å². The highest BCUT2D eigenvalue weighted by Crippen LogP contribution is 2.63. The molecule has 1 aromatic carbocycles. The van der Waals surface area contributed by atoms with Crippen LogP contribution in [0.5, 0.6) is 5.75 Å². The smallest absolute Gasteiger partial charge is 0.118 e. The summed E-state index contributed by atoms with van der Waals surface area (Å²) in [6.07, 6.45) is 5.20. The van der Waals surface area contributed by atoms with Crippen LogP contribution in [0.25, 0.3) is 0 Å². The van der Waals surface area contributed by atoms with Crippen LogP contribution in [0.3, 0.4) is 0 Å². The fourth-order valence-corrected chi connectivity index (χ4v) is 5.24. The number of benzene rings is 1. The van der Waals surface area contributed by atoms with E-state index in [0.717, 1.165) is 18.6 Å². The SMILES string of the molecule is Cc1cc2c(cc1O)[C@@]13CCCC(C)(C)[C@@H]1C[C@@H]2OC3. The normalized spacial score (nSPS) is 37.4. The van der Waals surface area contributed by atoms with Crippen molar-refractivity contribution in [3.05, 3.63) is 28.8 Å². The van der Waals surface area contributed by atoms with Crippen molar-refractivity contribution in [3.63, 3.8) is 0 Å². The predicted molar refractivity (Wildman–Crippen MR) is 79.0 cm³/mol. The molecule has 0 unspecified atom stereocenters. The fraction of sp³-hybridized carbons (Fsp3) is 0.667. The van der Waals surface area contributed by atoms with Gasteiger partial charge in [0.05, 0.1) is 12.7 Å². The Morgan fingerprint density at radius 3 is 2.85 bits per heavy atom. The fourth-order valence-electron chi connectivity index (χ4n) is 5.24. The minimum absolute atomic E-state index is 0.150. The Labute approximate surface area is 121 Å². The van der Waals surface area contributed by atoms with Crippen LogP contribution in [0, 0.1) is 18.3 Å². The molecule has 2 nitrogen and oxygen atoms in total. The molecule has 4 aliphatic rings. The monoisotopic (exact) mass is 272 g/mol. The lowest BCUT2D eigenvalue weighted by atomic mass is 9.48. The molecule has 20 heavy (non-hydrogen) atoms. The number of hydrogen-bond donors (Lipinski definition) is 1. The van der Waals surface area contributed by atoms with Crippen LogP contribution < -0.4 is 0 Å². The first-order valence-corrected chi connectivity index (χ1v) is 7.90. The minimum Gasteiger partial charge on any atom is -0.508 e. The number of phenolic OH excluding ortho intramolecular Hbond substituents is 1. The zero-order valence-corrected chi connectivity index (χ0v) is 12.7. The number of phenols is 1. The summed E-state index contributed by atoms with van der Waals surface area (Å²) in [6, 6.07) is 4.21. The Hall–Kier alpha value is -1.02. The molecule has 1 saturated heterocycles. The number of fused-ring (bicyclic) bond motifs is 1. The van der Waals surface area contributed by atoms with E-state index >= 15 is 0 Å². The first kappa shape index (κ1) is 12.7. The molecule has 3 atom stereocenters. The molecule has 2 heteroatoms. The Balaban J connectivity index is 1.94. The lowest BCUT2D eigenvalue weighted by Crippen LogP contribution is -2.56. The summed E-state index contributed by atoms with van der Waals surface area (Å²) >= 11 is 0. The molecule has 1 aromatic rings. The van der Waals surface area contributed by atoms with Gasteiger partial charge in [-0.05, 0) is 66.3 Å². The van der Waals surface area contributed by atoms with E-state index in [-0.39, 0.29) is 11.5 Å². The molecule has 1 saturated carbocycles. The number of rotatable bonds is 0. The van der Waals surface area contributed by atoms with Gasteiger partial charge in [0.2, 0.25) is 0 Å². The van der Waals surface area contributed by atoms with Crippen LogP contribution in [0.15, 0.2) is 12.1 Å². The largest absolute Gasteiger partial charge is 0.508 e. The van der Waals surface area contributed by atoms with Gasteiger partial charge in [-0.3, -0.25) is 0 Å². The highest BCUT2D eigenvalue weighted by Gasteiger charge is 2.58. The van der Waals surface area contributed by atoms with E-state index in [9.17, 15) is 5.11 Å². The lowest BCUT2D eigenvalue weighted by Gasteiger charge is -2.60. The van der Waals surface area contributed by atoms with E-state index in [2.05, 4.69) is 19.9 Å². The van der Waals surface area contributed by atoms with Crippen LogP contribution >= 0.6 is 0 Å². The Kier molecular flexibility index (Phi) is 2.41. The third-order valence-electron chi connectivity index (χ3n) is 6.30. The number of aryl methyl sites for hydroxylation is 1. The van der Waals surface area contributed by atoms with E-state index in [1.807, 2.05) is 13.0 Å². The second kappa shape index (κ2) is 3.79. The average Bonchev–Trinajstić information content (AvgIpc) is 2.40. The maximum Gasteiger partial charge on any atom is 0.118 e. The maximum absolute atomic E-state index is 10.2. The standard InChI is InChI=1S/C18H24O2/c1-11-7-12-13(8-14(11)19)18-6-4-5-17(2,3)16(18)9-15(12)20-10-18/h7-8,15-16,19H,4-6,9-10H2,1-3H3/t15-,16-,18-/m0/s1. The van der Waals surface area contributed by atoms with Gasteiger partial charge in [0.15, 0.2) is 0 Å². The number of aromatic hydroxyl groups is 1. The van der Waals surface area contributed by atoms with Gasteiger partial charge >= 0.3 is 0 Å². The molecule has 0 radical (unpaired) electrons. The van der Waals surface area contributed by atoms with Crippen molar-refractivity contribution in [1.29, 1.82) is 0 Å². The van der Waals surface area contributed by atoms with Crippen molar-refractivity contribution >= 4 is 0 Å². The zero-order chi connectivity index (χ0) is 14.1. The van der Waals surface area contributed by atoms with Crippen molar-refractivity contribution < 1.29 is 9.84 Å². The minimum atomic E-state index is 0.150. The molecule has 2 bridgehead atoms. The molecule has 1 N–H and O–H groups in total. The summed E-state index contributed by atoms with van der Waals surface area (Å²) in [7, 11) is 0. The summed E-state index contributed by atoms with van der Waals surface area (Å²) in [6.45, 7) is 7.68. The summed E-state index contributed by atoms with van der Waals surface area (Å²) in [5.74, 6) is 1.14. The van der Waals surface area contributed by atoms with Gasteiger partial charge < -0.3 is 9.84 Å². The molecule has 0 amide bonds. The number of hydrogen-bond acceptors (Lipinski definition) is 2. The Morgan fingerprint density at radius 1 is 1.25 bits per heavy atom. The topological polar surface area (TPSA) is 29.5 Å². The second-order valence-corrected chi connectivity index (χ2v) is 7.81. The quantitative estimate of drug-likeness (QED) is 0.765. The Morgan fingerprint density at radius 2 is 2.05 bits per heavy atom. The van der Waals surface area contributed by atoms with Crippen LogP contribution in [0.1, 0.15) is 62.3 Å². The molecule has 2 fully saturated rings. The molecule has 1 spiro atoms. The molecular formula is C18H24O2. The van der Waals surface area contributed by atoms with Crippen LogP contribution in [-0.2, 0) is 10.2 Å². The van der Waals surface area contributed by atoms with Crippen molar-refractivity contribution in [2.75, 3.05) is 6.61 Å². The summed E-state index contributed by atoms with van der Waals surface area (Å²) in [5, 5.41) is 10.2. The van der Waals surface area contributed by atoms with Gasteiger partial charge in [0, 0.05) is 5.41 Å². The highest BCUT2D eigenvalue weighted by molar-refractivity contribution is 5.50. The van der Waals surface area contributed by atoms with Gasteiger partial charge in [0.1, 0.15) is 5.75 Å². The van der Waals surface area contributed by atoms with Crippen molar-refractivity contribution in [2.45, 2.75) is 58.0 Å². The first-order valence-electron chi connectivity index (χ1n) is 7.90. The van der Waals surface area contributed by atoms with Crippen molar-refractivity contribution in [1.82, 2.24) is 0 Å². The van der Waals surface area contributed by atoms with Crippen molar-refractivity contribution in [2.24, 2.45) is 11.3 Å². The van der Waals surface area contributed by atoms with Gasteiger partial charge in [-0.25, -0.2) is 0 Å². The summed E-state index contributed by atoms with van der Waals surface area (Å²) in [4.78, 5) is 0.